The van der Waals surface area contributed by atoms with E-state index in [0.717, 1.165) is 25.7 Å². The van der Waals surface area contributed by atoms with Crippen LogP contribution in [0.4, 0.5) is 0 Å². The first-order chi connectivity index (χ1) is 13.1. The standard InChI is InChI=1S/C20H30O4/c1-5-7-11-15(3)23-19(21)17-13-9-10-14-18(17)20(22)24-16(4)12-8-6-2/h9-10,13-16H,5-8,11-12H2,1-4H3/i9D,10D,13D,14D. The normalized spacial score (nSPS) is 15.5. The van der Waals surface area contributed by atoms with Crippen molar-refractivity contribution in [3.63, 3.8) is 0 Å². The molecule has 0 saturated carbocycles. The summed E-state index contributed by atoms with van der Waals surface area (Å²) in [5.41, 5.74) is -0.941. The van der Waals surface area contributed by atoms with Crippen LogP contribution in [0.2, 0.25) is 0 Å². The summed E-state index contributed by atoms with van der Waals surface area (Å²) in [6.07, 6.45) is 3.95. The number of carbonyl (C=O) groups is 2. The van der Waals surface area contributed by atoms with Gasteiger partial charge < -0.3 is 9.47 Å². The molecular weight excluding hydrogens is 304 g/mol. The molecule has 134 valence electrons. The number of unbranched alkanes of at least 4 members (excludes halogenated alkanes) is 2. The molecule has 4 nitrogen and oxygen atoms in total. The summed E-state index contributed by atoms with van der Waals surface area (Å²) in [7, 11) is 0. The lowest BCUT2D eigenvalue weighted by molar-refractivity contribution is 0.0271. The van der Waals surface area contributed by atoms with E-state index in [4.69, 9.17) is 15.0 Å². The first-order valence-electron chi connectivity index (χ1n) is 10.7. The number of esters is 2. The SMILES string of the molecule is [2H]c1c([2H])c([2H])c(C(=O)OC(C)CCCC)c(C(=O)OC(C)CCCC)c1[2H]. The van der Waals surface area contributed by atoms with Gasteiger partial charge in [-0.15, -0.1) is 0 Å². The van der Waals surface area contributed by atoms with Crippen molar-refractivity contribution in [2.45, 2.75) is 78.4 Å². The van der Waals surface area contributed by atoms with E-state index >= 15 is 0 Å². The predicted octanol–water partition coefficient (Wildman–Crippen LogP) is 5.16. The Morgan fingerprint density at radius 1 is 0.917 bits per heavy atom. The lowest BCUT2D eigenvalue weighted by atomic mass is 10.1. The average molecular weight is 338 g/mol. The number of hydrogen-bond acceptors (Lipinski definition) is 4. The van der Waals surface area contributed by atoms with Crippen molar-refractivity contribution in [3.05, 3.63) is 35.3 Å². The molecule has 0 bridgehead atoms. The van der Waals surface area contributed by atoms with Crippen LogP contribution in [-0.2, 0) is 9.47 Å². The van der Waals surface area contributed by atoms with E-state index in [9.17, 15) is 9.59 Å². The van der Waals surface area contributed by atoms with Crippen molar-refractivity contribution in [3.8, 4) is 0 Å². The Kier molecular flexibility index (Phi) is 6.55. The first-order valence-corrected chi connectivity index (χ1v) is 8.67. The maximum atomic E-state index is 12.7. The fraction of sp³-hybridized carbons (Fsp3) is 0.600. The molecule has 0 spiro atoms. The van der Waals surface area contributed by atoms with E-state index in [1.807, 2.05) is 13.8 Å². The molecule has 0 heterocycles. The van der Waals surface area contributed by atoms with Gasteiger partial charge in [-0.3, -0.25) is 0 Å². The molecule has 0 aromatic heterocycles. The van der Waals surface area contributed by atoms with Crippen LogP contribution in [0.15, 0.2) is 24.2 Å². The smallest absolute Gasteiger partial charge is 0.339 e. The van der Waals surface area contributed by atoms with Crippen LogP contribution < -0.4 is 0 Å². The van der Waals surface area contributed by atoms with Crippen LogP contribution in [0.1, 0.15) is 92.4 Å². The van der Waals surface area contributed by atoms with E-state index in [1.165, 1.54) is 0 Å². The van der Waals surface area contributed by atoms with Crippen LogP contribution in [-0.4, -0.2) is 24.1 Å². The van der Waals surface area contributed by atoms with Gasteiger partial charge in [-0.1, -0.05) is 51.6 Å². The predicted molar refractivity (Wildman–Crippen MR) is 95.2 cm³/mol. The Morgan fingerprint density at radius 2 is 1.29 bits per heavy atom. The minimum absolute atomic E-state index is 0.432. The molecular formula is C20H30O4. The molecule has 0 radical (unpaired) electrons. The summed E-state index contributed by atoms with van der Waals surface area (Å²) in [4.78, 5) is 25.3. The third-order valence-electron chi connectivity index (χ3n) is 3.64. The highest BCUT2D eigenvalue weighted by Crippen LogP contribution is 2.16. The number of hydrogen-bond donors (Lipinski definition) is 0. The molecule has 0 saturated heterocycles. The minimum atomic E-state index is -0.941. The van der Waals surface area contributed by atoms with Crippen molar-refractivity contribution in [1.82, 2.24) is 0 Å². The second-order valence-electron chi connectivity index (χ2n) is 5.97. The van der Waals surface area contributed by atoms with E-state index in [1.54, 1.807) is 13.8 Å². The Balaban J connectivity index is 3.27. The second-order valence-corrected chi connectivity index (χ2v) is 5.97. The molecule has 0 fully saturated rings. The summed E-state index contributed by atoms with van der Waals surface area (Å²) >= 11 is 0. The third kappa shape index (κ3) is 6.73. The van der Waals surface area contributed by atoms with Gasteiger partial charge in [0, 0.05) is 0 Å². The van der Waals surface area contributed by atoms with Gasteiger partial charge in [-0.05, 0) is 38.8 Å². The molecule has 24 heavy (non-hydrogen) atoms. The summed E-state index contributed by atoms with van der Waals surface area (Å²) in [6.45, 7) is 7.44. The summed E-state index contributed by atoms with van der Waals surface area (Å²) in [5, 5.41) is 0. The first kappa shape index (κ1) is 14.5. The van der Waals surface area contributed by atoms with Gasteiger partial charge in [0.25, 0.3) is 0 Å². The van der Waals surface area contributed by atoms with Crippen molar-refractivity contribution >= 4 is 11.9 Å². The summed E-state index contributed by atoms with van der Waals surface area (Å²) in [5.74, 6) is -1.88. The zero-order valence-corrected chi connectivity index (χ0v) is 15.0. The zero-order valence-electron chi connectivity index (χ0n) is 19.0. The number of carbonyl (C=O) groups excluding carboxylic acids is 2. The van der Waals surface area contributed by atoms with Crippen molar-refractivity contribution < 1.29 is 24.5 Å². The lowest BCUT2D eigenvalue weighted by Gasteiger charge is -2.16. The van der Waals surface area contributed by atoms with E-state index < -0.39 is 59.4 Å². The van der Waals surface area contributed by atoms with Gasteiger partial charge in [0.2, 0.25) is 0 Å². The lowest BCUT2D eigenvalue weighted by Crippen LogP contribution is -2.20. The molecule has 4 heteroatoms. The maximum absolute atomic E-state index is 12.7. The highest BCUT2D eigenvalue weighted by atomic mass is 16.5. The molecule has 0 aliphatic carbocycles. The van der Waals surface area contributed by atoms with Gasteiger partial charge in [0.15, 0.2) is 0 Å². The quantitative estimate of drug-likeness (QED) is 0.553. The molecule has 0 amide bonds. The fourth-order valence-electron chi connectivity index (χ4n) is 2.20. The van der Waals surface area contributed by atoms with Gasteiger partial charge in [-0.25, -0.2) is 9.59 Å². The Morgan fingerprint density at radius 3 is 1.62 bits per heavy atom. The van der Waals surface area contributed by atoms with Gasteiger partial charge in [0.1, 0.15) is 0 Å². The van der Waals surface area contributed by atoms with Gasteiger partial charge in [0.05, 0.1) is 28.8 Å². The second kappa shape index (κ2) is 10.8. The highest BCUT2D eigenvalue weighted by Gasteiger charge is 2.21. The van der Waals surface area contributed by atoms with Gasteiger partial charge in [-0.2, -0.15) is 0 Å². The van der Waals surface area contributed by atoms with E-state index in [0.29, 0.717) is 12.8 Å². The largest absolute Gasteiger partial charge is 0.459 e. The Bertz CT molecular complexity index is 647. The number of rotatable bonds is 10. The Labute approximate surface area is 151 Å². The maximum Gasteiger partial charge on any atom is 0.339 e. The minimum Gasteiger partial charge on any atom is -0.459 e. The zero-order chi connectivity index (χ0) is 21.4. The molecule has 0 N–H and O–H groups in total. The van der Waals surface area contributed by atoms with E-state index in [-0.39, 0.29) is 0 Å². The highest BCUT2D eigenvalue weighted by molar-refractivity contribution is 6.03. The summed E-state index contributed by atoms with van der Waals surface area (Å²) in [6, 6.07) is -2.37. The molecule has 1 aromatic carbocycles. The molecule has 1 aromatic rings. The Hall–Kier alpha value is -1.84. The molecule has 2 unspecified atom stereocenters. The van der Waals surface area contributed by atoms with Crippen molar-refractivity contribution in [2.24, 2.45) is 0 Å². The van der Waals surface area contributed by atoms with Crippen LogP contribution in [0.25, 0.3) is 0 Å². The molecule has 2 atom stereocenters. The van der Waals surface area contributed by atoms with Crippen molar-refractivity contribution in [1.29, 1.82) is 0 Å². The molecule has 0 aliphatic heterocycles. The van der Waals surface area contributed by atoms with Gasteiger partial charge >= 0.3 is 11.9 Å². The van der Waals surface area contributed by atoms with Crippen LogP contribution >= 0.6 is 0 Å². The number of benzene rings is 1. The molecule has 0 aliphatic rings. The number of ether oxygens (including phenoxy) is 2. The molecule has 1 rings (SSSR count). The van der Waals surface area contributed by atoms with Crippen molar-refractivity contribution in [2.75, 3.05) is 0 Å². The third-order valence-corrected chi connectivity index (χ3v) is 3.64. The average Bonchev–Trinajstić information content (AvgIpc) is 2.65. The monoisotopic (exact) mass is 338 g/mol. The van der Waals surface area contributed by atoms with Crippen LogP contribution in [0.3, 0.4) is 0 Å². The fourth-order valence-corrected chi connectivity index (χ4v) is 2.20. The van der Waals surface area contributed by atoms with Crippen LogP contribution in [0, 0.1) is 0 Å². The van der Waals surface area contributed by atoms with E-state index in [2.05, 4.69) is 0 Å². The van der Waals surface area contributed by atoms with Crippen LogP contribution in [0.5, 0.6) is 0 Å². The summed E-state index contributed by atoms with van der Waals surface area (Å²) < 4.78 is 42.5. The topological polar surface area (TPSA) is 52.6 Å².